The summed E-state index contributed by atoms with van der Waals surface area (Å²) >= 11 is 0. The molecule has 14 nitrogen and oxygen atoms in total. The first kappa shape index (κ1) is 38.0. The van der Waals surface area contributed by atoms with Crippen LogP contribution in [0.1, 0.15) is 28.5 Å². The third-order valence-electron chi connectivity index (χ3n) is 7.39. The molecule has 0 aliphatic carbocycles. The van der Waals surface area contributed by atoms with Gasteiger partial charge in [-0.2, -0.15) is 13.2 Å². The Balaban J connectivity index is 1.41. The summed E-state index contributed by atoms with van der Waals surface area (Å²) in [5.74, 6) is -2.35. The van der Waals surface area contributed by atoms with E-state index >= 15 is 0 Å². The van der Waals surface area contributed by atoms with Crippen LogP contribution in [0.2, 0.25) is 0 Å². The van der Waals surface area contributed by atoms with E-state index in [1.54, 1.807) is 13.0 Å². The summed E-state index contributed by atoms with van der Waals surface area (Å²) in [5, 5.41) is 10.6. The number of halogens is 3. The molecule has 0 fully saturated rings. The lowest BCUT2D eigenvalue weighted by Crippen LogP contribution is -2.20. The van der Waals surface area contributed by atoms with Crippen LogP contribution in [0.15, 0.2) is 100 Å². The number of para-hydroxylation sites is 2. The number of hydrogen-bond acceptors (Lipinski definition) is 12. The van der Waals surface area contributed by atoms with Gasteiger partial charge in [0, 0.05) is 23.9 Å². The maximum atomic E-state index is 14.2. The lowest BCUT2D eigenvalue weighted by atomic mass is 10.1. The van der Waals surface area contributed by atoms with Gasteiger partial charge in [0.05, 0.1) is 59.3 Å². The largest absolute Gasteiger partial charge is 0.484 e. The van der Waals surface area contributed by atoms with Gasteiger partial charge in [-0.1, -0.05) is 31.2 Å². The summed E-state index contributed by atoms with van der Waals surface area (Å²) in [6.45, 7) is -0.586. The molecule has 0 aliphatic heterocycles. The van der Waals surface area contributed by atoms with Gasteiger partial charge in [-0.3, -0.25) is 19.3 Å². The molecule has 0 aliphatic rings. The number of ether oxygens (including phenoxy) is 2. The molecule has 274 valence electrons. The number of nitro groups is 1. The number of carbonyl (C=O) groups is 1. The lowest BCUT2D eigenvalue weighted by Gasteiger charge is -2.15. The molecule has 5 aromatic rings. The van der Waals surface area contributed by atoms with E-state index in [9.17, 15) is 49.1 Å². The van der Waals surface area contributed by atoms with Crippen LogP contribution in [-0.4, -0.2) is 71.0 Å². The zero-order valence-corrected chi connectivity index (χ0v) is 29.3. The number of imidazole rings is 1. The molecule has 2 aromatic heterocycles. The number of nitro benzene ring substituents is 1. The van der Waals surface area contributed by atoms with Gasteiger partial charge in [0.15, 0.2) is 16.4 Å². The number of sulfone groups is 1. The number of alkyl halides is 3. The van der Waals surface area contributed by atoms with Crippen LogP contribution in [0.5, 0.6) is 5.75 Å². The molecule has 0 N–H and O–H groups in total. The zero-order chi connectivity index (χ0) is 37.8. The van der Waals surface area contributed by atoms with Crippen molar-refractivity contribution in [2.45, 2.75) is 40.2 Å². The van der Waals surface area contributed by atoms with E-state index < -0.39 is 88.2 Å². The Bertz CT molecular complexity index is 2420. The predicted molar refractivity (Wildman–Crippen MR) is 179 cm³/mol. The molecule has 5 rings (SSSR count). The van der Waals surface area contributed by atoms with Crippen molar-refractivity contribution in [1.29, 1.82) is 0 Å². The van der Waals surface area contributed by atoms with E-state index in [1.807, 2.05) is 0 Å². The number of pyridine rings is 1. The SMILES string of the molecule is CCc1c(OCC(F)(F)F)ccnc1CS(=O)c1nc2ccccc2n1S(=O)(=O)c1cccc(C(=O)OCCS(=O)(=O)c2cccc([N+](=O)[O-])c2)c1. The predicted octanol–water partition coefficient (Wildman–Crippen LogP) is 5.02. The first-order chi connectivity index (χ1) is 24.5. The third-order valence-corrected chi connectivity index (χ3v) is 12.1. The van der Waals surface area contributed by atoms with Gasteiger partial charge in [-0.15, -0.1) is 0 Å². The molecule has 0 saturated carbocycles. The number of aromatic nitrogens is 3. The molecule has 1 unspecified atom stereocenters. The van der Waals surface area contributed by atoms with E-state index in [4.69, 9.17) is 9.47 Å². The van der Waals surface area contributed by atoms with Gasteiger partial charge in [0.2, 0.25) is 5.16 Å². The first-order valence-electron chi connectivity index (χ1n) is 15.0. The summed E-state index contributed by atoms with van der Waals surface area (Å²) in [6.07, 6.45) is -3.27. The topological polar surface area (TPSA) is 195 Å². The van der Waals surface area contributed by atoms with E-state index in [1.165, 1.54) is 54.7 Å². The van der Waals surface area contributed by atoms with Crippen molar-refractivity contribution in [2.75, 3.05) is 19.0 Å². The monoisotopic (exact) mass is 780 g/mol. The fourth-order valence-corrected chi connectivity index (χ4v) is 9.16. The summed E-state index contributed by atoms with van der Waals surface area (Å²) < 4.78 is 117. The zero-order valence-electron chi connectivity index (χ0n) is 26.8. The fourth-order valence-electron chi connectivity index (χ4n) is 4.98. The highest BCUT2D eigenvalue weighted by atomic mass is 32.2. The molecular weight excluding hydrogens is 754 g/mol. The van der Waals surface area contributed by atoms with Crippen LogP contribution in [0.4, 0.5) is 18.9 Å². The highest BCUT2D eigenvalue weighted by Gasteiger charge is 2.31. The van der Waals surface area contributed by atoms with Crippen molar-refractivity contribution in [3.63, 3.8) is 0 Å². The Morgan fingerprint density at radius 3 is 2.40 bits per heavy atom. The van der Waals surface area contributed by atoms with E-state index in [0.29, 0.717) is 0 Å². The molecule has 3 aromatic carbocycles. The molecule has 20 heteroatoms. The van der Waals surface area contributed by atoms with Gasteiger partial charge in [-0.25, -0.2) is 30.6 Å². The number of benzene rings is 3. The number of esters is 1. The maximum absolute atomic E-state index is 14.2. The number of non-ortho nitro benzene ring substituents is 1. The second-order valence-electron chi connectivity index (χ2n) is 10.9. The van der Waals surface area contributed by atoms with E-state index in [2.05, 4.69) is 9.97 Å². The van der Waals surface area contributed by atoms with Gasteiger partial charge < -0.3 is 9.47 Å². The van der Waals surface area contributed by atoms with E-state index in [-0.39, 0.29) is 44.9 Å². The number of hydrogen-bond donors (Lipinski definition) is 0. The Morgan fingerprint density at radius 1 is 0.981 bits per heavy atom. The molecule has 0 spiro atoms. The molecule has 0 bridgehead atoms. The van der Waals surface area contributed by atoms with Crippen LogP contribution in [-0.2, 0) is 47.6 Å². The maximum Gasteiger partial charge on any atom is 0.422 e. The molecule has 52 heavy (non-hydrogen) atoms. The average molecular weight is 781 g/mol. The van der Waals surface area contributed by atoms with Crippen LogP contribution < -0.4 is 4.74 Å². The normalized spacial score (nSPS) is 12.8. The summed E-state index contributed by atoms with van der Waals surface area (Å²) in [5.41, 5.74) is -0.173. The van der Waals surface area contributed by atoms with Gasteiger partial charge in [-0.05, 0) is 48.9 Å². The minimum absolute atomic E-state index is 0.0381. The quantitative estimate of drug-likeness (QED) is 0.0831. The van der Waals surface area contributed by atoms with Crippen molar-refractivity contribution in [2.24, 2.45) is 0 Å². The number of nitrogens with zero attached hydrogens (tertiary/aromatic N) is 4. The van der Waals surface area contributed by atoms with Crippen LogP contribution in [0.3, 0.4) is 0 Å². The Kier molecular flexibility index (Phi) is 11.1. The van der Waals surface area contributed by atoms with Crippen molar-refractivity contribution >= 4 is 53.4 Å². The number of rotatable bonds is 14. The van der Waals surface area contributed by atoms with Crippen LogP contribution >= 0.6 is 0 Å². The second kappa shape index (κ2) is 15.2. The molecule has 0 saturated heterocycles. The van der Waals surface area contributed by atoms with Crippen molar-refractivity contribution in [1.82, 2.24) is 13.9 Å². The van der Waals surface area contributed by atoms with Crippen molar-refractivity contribution in [3.8, 4) is 5.75 Å². The van der Waals surface area contributed by atoms with Crippen molar-refractivity contribution in [3.05, 3.63) is 112 Å². The minimum Gasteiger partial charge on any atom is -0.484 e. The highest BCUT2D eigenvalue weighted by molar-refractivity contribution is 7.91. The van der Waals surface area contributed by atoms with Crippen LogP contribution in [0.25, 0.3) is 11.0 Å². The van der Waals surface area contributed by atoms with Crippen molar-refractivity contribution < 1.29 is 53.4 Å². The Labute approximate surface area is 296 Å². The molecule has 0 radical (unpaired) electrons. The van der Waals surface area contributed by atoms with Gasteiger partial charge >= 0.3 is 12.1 Å². The first-order valence-corrected chi connectivity index (χ1v) is 19.4. The standard InChI is InChI=1S/C32H27F3N4O10S3/c1-2-25-27(36-14-13-29(25)49-20-32(33,34)35)19-50(43)31-37-26-11-3-4-12-28(26)38(31)52(46,47)24-10-5-7-21(17-24)30(40)48-15-16-51(44,45)23-9-6-8-22(18-23)39(41)42/h3-14,17-18H,2,15-16,19-20H2,1H3. The summed E-state index contributed by atoms with van der Waals surface area (Å²) in [7, 11) is -11.0. The average Bonchev–Trinajstić information content (AvgIpc) is 3.51. The number of fused-ring (bicyclic) bond motifs is 1. The van der Waals surface area contributed by atoms with Gasteiger partial charge in [0.1, 0.15) is 12.4 Å². The molecular formula is C32H27F3N4O10S3. The molecule has 2 heterocycles. The fraction of sp³-hybridized carbons (Fsp3) is 0.219. The summed E-state index contributed by atoms with van der Waals surface area (Å²) in [4.78, 5) is 30.8. The second-order valence-corrected chi connectivity index (χ2v) is 16.1. The third kappa shape index (κ3) is 8.45. The number of carbonyl (C=O) groups excluding carboxylic acids is 1. The van der Waals surface area contributed by atoms with E-state index in [0.717, 1.165) is 28.2 Å². The minimum atomic E-state index is -4.65. The Morgan fingerprint density at radius 2 is 1.69 bits per heavy atom. The molecule has 1 atom stereocenters. The lowest BCUT2D eigenvalue weighted by molar-refractivity contribution is -0.385. The highest BCUT2D eigenvalue weighted by Crippen LogP contribution is 2.29. The van der Waals surface area contributed by atoms with Gasteiger partial charge in [0.25, 0.3) is 15.7 Å². The molecule has 0 amide bonds. The smallest absolute Gasteiger partial charge is 0.422 e. The Hall–Kier alpha value is -5.21. The summed E-state index contributed by atoms with van der Waals surface area (Å²) in [6, 6.07) is 16.2. The van der Waals surface area contributed by atoms with Crippen LogP contribution in [0, 0.1) is 10.1 Å².